The first kappa shape index (κ1) is 24.7. The molecular formula is C28H33N5OS. The molecule has 0 aliphatic carbocycles. The van der Waals surface area contributed by atoms with Gasteiger partial charge in [-0.3, -0.25) is 4.98 Å². The van der Waals surface area contributed by atoms with Crippen LogP contribution in [0.25, 0.3) is 33.3 Å². The number of nitrogens with one attached hydrogen (secondary N) is 3. The smallest absolute Gasteiger partial charge is 0.166 e. The summed E-state index contributed by atoms with van der Waals surface area (Å²) in [6.07, 6.45) is 5.84. The van der Waals surface area contributed by atoms with Gasteiger partial charge in [-0.15, -0.1) is 0 Å². The monoisotopic (exact) mass is 487 g/mol. The van der Waals surface area contributed by atoms with Crippen LogP contribution in [0.2, 0.25) is 0 Å². The van der Waals surface area contributed by atoms with Gasteiger partial charge in [0.2, 0.25) is 0 Å². The van der Waals surface area contributed by atoms with E-state index in [9.17, 15) is 0 Å². The standard InChI is InChI=1S/C28H33N5OS/c1-5-6-13-30-27(35)31-18-28(2,3)26-32-24(19-11-14-29-15-12-19)25(33-26)22-8-7-21-17-23(34-4)10-9-20(21)16-22/h7-12,14-17H,5-6,13,18H2,1-4H3,(H,32,33)(H2,30,31,35). The summed E-state index contributed by atoms with van der Waals surface area (Å²) in [5, 5.41) is 9.58. The van der Waals surface area contributed by atoms with Crippen LogP contribution in [-0.2, 0) is 5.41 Å². The number of hydrogen-bond donors (Lipinski definition) is 3. The van der Waals surface area contributed by atoms with E-state index in [1.165, 1.54) is 0 Å². The summed E-state index contributed by atoms with van der Waals surface area (Å²) in [7, 11) is 1.69. The number of pyridine rings is 1. The van der Waals surface area contributed by atoms with Crippen molar-refractivity contribution in [2.45, 2.75) is 39.0 Å². The van der Waals surface area contributed by atoms with Crippen LogP contribution in [0.1, 0.15) is 39.4 Å². The van der Waals surface area contributed by atoms with Gasteiger partial charge in [0.1, 0.15) is 11.6 Å². The minimum Gasteiger partial charge on any atom is -0.497 e. The molecule has 7 heteroatoms. The van der Waals surface area contributed by atoms with E-state index in [1.807, 2.05) is 24.3 Å². The van der Waals surface area contributed by atoms with E-state index in [-0.39, 0.29) is 5.41 Å². The quantitative estimate of drug-likeness (QED) is 0.203. The number of nitrogens with zero attached hydrogens (tertiary/aromatic N) is 2. The summed E-state index contributed by atoms with van der Waals surface area (Å²) in [5.41, 5.74) is 3.72. The fraction of sp³-hybridized carbons (Fsp3) is 0.321. The lowest BCUT2D eigenvalue weighted by Crippen LogP contribution is -2.42. The highest BCUT2D eigenvalue weighted by molar-refractivity contribution is 7.80. The Morgan fingerprint density at radius 3 is 2.49 bits per heavy atom. The summed E-state index contributed by atoms with van der Waals surface area (Å²) in [5.74, 6) is 1.75. The topological polar surface area (TPSA) is 74.9 Å². The number of hydrogen-bond acceptors (Lipinski definition) is 4. The summed E-state index contributed by atoms with van der Waals surface area (Å²) in [4.78, 5) is 12.9. The van der Waals surface area contributed by atoms with Crippen LogP contribution in [0, 0.1) is 0 Å². The van der Waals surface area contributed by atoms with Crippen LogP contribution in [0.3, 0.4) is 0 Å². The number of aromatic amines is 1. The second-order valence-electron chi connectivity index (χ2n) is 9.32. The van der Waals surface area contributed by atoms with Crippen molar-refractivity contribution in [2.75, 3.05) is 20.2 Å². The third kappa shape index (κ3) is 5.80. The number of thiocarbonyl (C=S) groups is 1. The van der Waals surface area contributed by atoms with Crippen LogP contribution in [0.5, 0.6) is 5.75 Å². The molecule has 4 rings (SSSR count). The van der Waals surface area contributed by atoms with Crippen LogP contribution in [-0.4, -0.2) is 40.3 Å². The molecule has 0 saturated carbocycles. The van der Waals surface area contributed by atoms with Crippen molar-refractivity contribution in [1.82, 2.24) is 25.6 Å². The van der Waals surface area contributed by atoms with Crippen LogP contribution in [0.4, 0.5) is 0 Å². The van der Waals surface area contributed by atoms with Gasteiger partial charge in [0.25, 0.3) is 0 Å². The number of ether oxygens (including phenoxy) is 1. The molecule has 2 aromatic heterocycles. The first-order valence-corrected chi connectivity index (χ1v) is 12.4. The highest BCUT2D eigenvalue weighted by Crippen LogP contribution is 2.35. The molecule has 0 amide bonds. The maximum atomic E-state index is 5.46. The molecule has 0 atom stereocenters. The van der Waals surface area contributed by atoms with Crippen LogP contribution in [0.15, 0.2) is 60.9 Å². The van der Waals surface area contributed by atoms with Crippen molar-refractivity contribution < 1.29 is 4.74 Å². The molecule has 0 bridgehead atoms. The van der Waals surface area contributed by atoms with E-state index in [1.54, 1.807) is 19.5 Å². The number of unbranched alkanes of at least 4 members (excludes halogenated alkanes) is 1. The lowest BCUT2D eigenvalue weighted by atomic mass is 9.92. The normalized spacial score (nSPS) is 11.4. The van der Waals surface area contributed by atoms with Gasteiger partial charge in [-0.1, -0.05) is 45.4 Å². The van der Waals surface area contributed by atoms with Crippen LogP contribution < -0.4 is 15.4 Å². The average Bonchev–Trinajstić information content (AvgIpc) is 3.34. The zero-order chi connectivity index (χ0) is 24.8. The second kappa shape index (κ2) is 10.9. The zero-order valence-electron chi connectivity index (χ0n) is 20.8. The molecule has 0 saturated heterocycles. The van der Waals surface area contributed by atoms with Crippen molar-refractivity contribution in [3.05, 3.63) is 66.7 Å². The van der Waals surface area contributed by atoms with Crippen molar-refractivity contribution >= 4 is 28.1 Å². The molecular weight excluding hydrogens is 454 g/mol. The van der Waals surface area contributed by atoms with Gasteiger partial charge < -0.3 is 20.4 Å². The Morgan fingerprint density at radius 1 is 1.00 bits per heavy atom. The average molecular weight is 488 g/mol. The van der Waals surface area contributed by atoms with E-state index >= 15 is 0 Å². The van der Waals surface area contributed by atoms with Crippen molar-refractivity contribution in [2.24, 2.45) is 0 Å². The molecule has 0 aliphatic heterocycles. The Morgan fingerprint density at radius 2 is 1.74 bits per heavy atom. The maximum Gasteiger partial charge on any atom is 0.166 e. The van der Waals surface area contributed by atoms with Gasteiger partial charge >= 0.3 is 0 Å². The fourth-order valence-electron chi connectivity index (χ4n) is 3.95. The number of H-pyrrole nitrogens is 1. The molecule has 0 spiro atoms. The SMILES string of the molecule is CCCCNC(=S)NCC(C)(C)c1nc(-c2ccc3cc(OC)ccc3c2)c(-c2ccncc2)[nH]1. The van der Waals surface area contributed by atoms with Gasteiger partial charge in [-0.2, -0.15) is 0 Å². The van der Waals surface area contributed by atoms with E-state index in [0.29, 0.717) is 11.7 Å². The molecule has 2 aromatic carbocycles. The second-order valence-corrected chi connectivity index (χ2v) is 9.73. The Labute approximate surface area is 212 Å². The van der Waals surface area contributed by atoms with E-state index in [2.05, 4.69) is 65.6 Å². The molecule has 0 radical (unpaired) electrons. The molecule has 35 heavy (non-hydrogen) atoms. The molecule has 0 unspecified atom stereocenters. The molecule has 182 valence electrons. The predicted octanol–water partition coefficient (Wildman–Crippen LogP) is 5.84. The summed E-state index contributed by atoms with van der Waals surface area (Å²) in [6.45, 7) is 8.04. The summed E-state index contributed by atoms with van der Waals surface area (Å²) in [6, 6.07) is 16.5. The minimum absolute atomic E-state index is 0.277. The van der Waals surface area contributed by atoms with E-state index < -0.39 is 0 Å². The van der Waals surface area contributed by atoms with Crippen molar-refractivity contribution in [1.29, 1.82) is 0 Å². The number of rotatable bonds is 9. The number of imidazole rings is 1. The molecule has 4 aromatic rings. The predicted molar refractivity (Wildman–Crippen MR) is 148 cm³/mol. The maximum absolute atomic E-state index is 5.46. The van der Waals surface area contributed by atoms with Crippen LogP contribution >= 0.6 is 12.2 Å². The van der Waals surface area contributed by atoms with E-state index in [4.69, 9.17) is 21.9 Å². The van der Waals surface area contributed by atoms with Gasteiger partial charge in [-0.05, 0) is 59.7 Å². The third-order valence-corrected chi connectivity index (χ3v) is 6.43. The Bertz CT molecular complexity index is 1300. The lowest BCUT2D eigenvalue weighted by molar-refractivity contribution is 0.415. The molecule has 2 heterocycles. The number of fused-ring (bicyclic) bond motifs is 1. The lowest BCUT2D eigenvalue weighted by Gasteiger charge is -2.23. The van der Waals surface area contributed by atoms with Gasteiger partial charge in [-0.25, -0.2) is 4.98 Å². The van der Waals surface area contributed by atoms with Gasteiger partial charge in [0.05, 0.1) is 18.5 Å². The first-order chi connectivity index (χ1) is 16.9. The molecule has 0 fully saturated rings. The van der Waals surface area contributed by atoms with Crippen molar-refractivity contribution in [3.63, 3.8) is 0 Å². The minimum atomic E-state index is -0.277. The van der Waals surface area contributed by atoms with Crippen molar-refractivity contribution in [3.8, 4) is 28.3 Å². The fourth-order valence-corrected chi connectivity index (χ4v) is 4.13. The Hall–Kier alpha value is -3.45. The largest absolute Gasteiger partial charge is 0.497 e. The summed E-state index contributed by atoms with van der Waals surface area (Å²) < 4.78 is 5.38. The Balaban J connectivity index is 1.68. The number of benzene rings is 2. The first-order valence-electron chi connectivity index (χ1n) is 12.0. The summed E-state index contributed by atoms with van der Waals surface area (Å²) >= 11 is 5.46. The van der Waals surface area contributed by atoms with Gasteiger partial charge in [0.15, 0.2) is 5.11 Å². The highest BCUT2D eigenvalue weighted by Gasteiger charge is 2.27. The Kier molecular flexibility index (Phi) is 7.66. The molecule has 6 nitrogen and oxygen atoms in total. The molecule has 0 aliphatic rings. The van der Waals surface area contributed by atoms with Gasteiger partial charge in [0, 0.05) is 42.0 Å². The highest BCUT2D eigenvalue weighted by atomic mass is 32.1. The number of methoxy groups -OCH3 is 1. The van der Waals surface area contributed by atoms with E-state index in [0.717, 1.165) is 64.2 Å². The third-order valence-electron chi connectivity index (χ3n) is 6.14. The molecule has 3 N–H and O–H groups in total. The number of aromatic nitrogens is 3. The zero-order valence-corrected chi connectivity index (χ0v) is 21.6.